The van der Waals surface area contributed by atoms with E-state index in [-0.39, 0.29) is 0 Å². The summed E-state index contributed by atoms with van der Waals surface area (Å²) in [5.74, 6) is 0.362. The van der Waals surface area contributed by atoms with Gasteiger partial charge in [0.15, 0.2) is 0 Å². The Hall–Kier alpha value is -3.33. The third kappa shape index (κ3) is 5.25. The van der Waals surface area contributed by atoms with Crippen LogP contribution in [-0.2, 0) is 4.74 Å². The molecule has 9 heteroatoms. The lowest BCUT2D eigenvalue weighted by Crippen LogP contribution is -2.38. The highest BCUT2D eigenvalue weighted by atomic mass is 35.5. The molecule has 2 aromatic heterocycles. The van der Waals surface area contributed by atoms with Crippen molar-refractivity contribution in [2.24, 2.45) is 0 Å². The molecule has 0 radical (unpaired) electrons. The van der Waals surface area contributed by atoms with Gasteiger partial charge in [0.05, 0.1) is 36.3 Å². The van der Waals surface area contributed by atoms with Gasteiger partial charge in [-0.2, -0.15) is 10.2 Å². The van der Waals surface area contributed by atoms with Crippen molar-refractivity contribution in [3.05, 3.63) is 71.8 Å². The van der Waals surface area contributed by atoms with Gasteiger partial charge in [0.25, 0.3) is 0 Å². The van der Waals surface area contributed by atoms with Gasteiger partial charge in [-0.05, 0) is 42.5 Å². The highest BCUT2D eigenvalue weighted by molar-refractivity contribution is 6.30. The van der Waals surface area contributed by atoms with Crippen molar-refractivity contribution in [1.29, 1.82) is 0 Å². The van der Waals surface area contributed by atoms with E-state index in [9.17, 15) is 4.39 Å². The smallest absolute Gasteiger partial charge is 0.132 e. The molecular formula is C25H23ClFN5O2. The van der Waals surface area contributed by atoms with Gasteiger partial charge in [-0.3, -0.25) is 9.88 Å². The van der Waals surface area contributed by atoms with E-state index in [0.717, 1.165) is 55.2 Å². The van der Waals surface area contributed by atoms with E-state index in [2.05, 4.69) is 25.4 Å². The Labute approximate surface area is 201 Å². The van der Waals surface area contributed by atoms with E-state index < -0.39 is 5.82 Å². The molecule has 0 bridgehead atoms. The third-order valence-electron chi connectivity index (χ3n) is 5.63. The number of nitrogens with zero attached hydrogens (tertiary/aromatic N) is 4. The molecule has 174 valence electrons. The molecule has 0 atom stereocenters. The van der Waals surface area contributed by atoms with Crippen molar-refractivity contribution in [3.8, 4) is 17.0 Å². The van der Waals surface area contributed by atoms with Gasteiger partial charge in [0.1, 0.15) is 18.2 Å². The fourth-order valence-corrected chi connectivity index (χ4v) is 4.03. The first-order valence-electron chi connectivity index (χ1n) is 11.0. The molecule has 1 N–H and O–H groups in total. The zero-order valence-electron chi connectivity index (χ0n) is 18.4. The van der Waals surface area contributed by atoms with Gasteiger partial charge in [-0.1, -0.05) is 11.6 Å². The van der Waals surface area contributed by atoms with Crippen LogP contribution in [0.3, 0.4) is 0 Å². The summed E-state index contributed by atoms with van der Waals surface area (Å²) in [5, 5.41) is 12.8. The number of pyridine rings is 1. The lowest BCUT2D eigenvalue weighted by atomic mass is 10.1. The second kappa shape index (κ2) is 10.3. The van der Waals surface area contributed by atoms with Gasteiger partial charge in [-0.15, -0.1) is 0 Å². The fourth-order valence-electron chi connectivity index (χ4n) is 3.86. The van der Waals surface area contributed by atoms with Crippen molar-refractivity contribution in [1.82, 2.24) is 20.1 Å². The molecule has 34 heavy (non-hydrogen) atoms. The lowest BCUT2D eigenvalue weighted by Gasteiger charge is -2.26. The molecule has 4 aromatic rings. The largest absolute Gasteiger partial charge is 0.492 e. The first kappa shape index (κ1) is 22.5. The number of halogens is 2. The van der Waals surface area contributed by atoms with Crippen molar-refractivity contribution in [2.75, 3.05) is 44.8 Å². The Kier molecular flexibility index (Phi) is 6.80. The second-order valence-electron chi connectivity index (χ2n) is 7.92. The average molecular weight is 480 g/mol. The molecule has 0 spiro atoms. The molecule has 1 aliphatic heterocycles. The van der Waals surface area contributed by atoms with Crippen LogP contribution in [0.2, 0.25) is 5.02 Å². The van der Waals surface area contributed by atoms with E-state index in [1.807, 2.05) is 24.3 Å². The number of ether oxygens (including phenoxy) is 2. The zero-order valence-corrected chi connectivity index (χ0v) is 19.1. The van der Waals surface area contributed by atoms with Crippen LogP contribution in [-0.4, -0.2) is 59.5 Å². The standard InChI is InChI=1S/C25H23ClFN5O2/c26-17-1-4-22(27)21(13-17)25-14-18(16-29-31-25)30-23-5-6-28-24-15-19(2-3-20(23)24)34-12-9-32-7-10-33-11-8-32/h1-6,13-16H,7-12H2,(H,28,30,31). The summed E-state index contributed by atoms with van der Waals surface area (Å²) in [6.07, 6.45) is 3.32. The SMILES string of the molecule is Fc1ccc(Cl)cc1-c1cc(Nc2ccnc3cc(OCCN4CCOCC4)ccc23)cnn1. The Morgan fingerprint density at radius 2 is 1.97 bits per heavy atom. The summed E-state index contributed by atoms with van der Waals surface area (Å²) in [4.78, 5) is 6.82. The maximum absolute atomic E-state index is 14.3. The van der Waals surface area contributed by atoms with E-state index >= 15 is 0 Å². The van der Waals surface area contributed by atoms with E-state index in [4.69, 9.17) is 21.1 Å². The average Bonchev–Trinajstić information content (AvgIpc) is 2.86. The summed E-state index contributed by atoms with van der Waals surface area (Å²) in [5.41, 5.74) is 3.00. The quantitative estimate of drug-likeness (QED) is 0.402. The van der Waals surface area contributed by atoms with Crippen LogP contribution in [0.4, 0.5) is 15.8 Å². The van der Waals surface area contributed by atoms with E-state index in [0.29, 0.717) is 28.6 Å². The Morgan fingerprint density at radius 1 is 1.09 bits per heavy atom. The predicted molar refractivity (Wildman–Crippen MR) is 130 cm³/mol. The molecule has 0 amide bonds. The minimum absolute atomic E-state index is 0.294. The van der Waals surface area contributed by atoms with Crippen LogP contribution >= 0.6 is 11.6 Å². The van der Waals surface area contributed by atoms with Crippen LogP contribution in [0, 0.1) is 5.82 Å². The number of morpholine rings is 1. The number of benzene rings is 2. The highest BCUT2D eigenvalue weighted by Crippen LogP contribution is 2.30. The van der Waals surface area contributed by atoms with Crippen LogP contribution < -0.4 is 10.1 Å². The Bertz CT molecular complexity index is 1300. The normalized spacial score (nSPS) is 14.3. The number of hydrogen-bond donors (Lipinski definition) is 1. The number of fused-ring (bicyclic) bond motifs is 1. The van der Waals surface area contributed by atoms with Crippen molar-refractivity contribution >= 4 is 33.9 Å². The minimum Gasteiger partial charge on any atom is -0.492 e. The number of rotatable bonds is 7. The lowest BCUT2D eigenvalue weighted by molar-refractivity contribution is 0.0322. The first-order valence-corrected chi connectivity index (χ1v) is 11.4. The monoisotopic (exact) mass is 479 g/mol. The fraction of sp³-hybridized carbons (Fsp3) is 0.240. The second-order valence-corrected chi connectivity index (χ2v) is 8.36. The summed E-state index contributed by atoms with van der Waals surface area (Å²) < 4.78 is 25.6. The molecule has 2 aromatic carbocycles. The predicted octanol–water partition coefficient (Wildman–Crippen LogP) is 4.94. The molecule has 1 fully saturated rings. The van der Waals surface area contributed by atoms with Crippen molar-refractivity contribution in [3.63, 3.8) is 0 Å². The molecule has 7 nitrogen and oxygen atoms in total. The van der Waals surface area contributed by atoms with Crippen LogP contribution in [0.25, 0.3) is 22.2 Å². The topological polar surface area (TPSA) is 72.4 Å². The summed E-state index contributed by atoms with van der Waals surface area (Å²) in [6.45, 7) is 4.90. The number of hydrogen-bond acceptors (Lipinski definition) is 7. The van der Waals surface area contributed by atoms with Crippen LogP contribution in [0.1, 0.15) is 0 Å². The van der Waals surface area contributed by atoms with Gasteiger partial charge in [0.2, 0.25) is 0 Å². The number of aromatic nitrogens is 3. The van der Waals surface area contributed by atoms with E-state index in [1.54, 1.807) is 18.5 Å². The number of anilines is 2. The van der Waals surface area contributed by atoms with Gasteiger partial charge in [0, 0.05) is 53.6 Å². The zero-order chi connectivity index (χ0) is 23.3. The Balaban J connectivity index is 1.32. The Morgan fingerprint density at radius 3 is 2.85 bits per heavy atom. The first-order chi connectivity index (χ1) is 16.7. The summed E-state index contributed by atoms with van der Waals surface area (Å²) >= 11 is 6.03. The minimum atomic E-state index is -0.411. The number of nitrogens with one attached hydrogen (secondary N) is 1. The molecule has 3 heterocycles. The molecular weight excluding hydrogens is 457 g/mol. The van der Waals surface area contributed by atoms with Crippen molar-refractivity contribution < 1.29 is 13.9 Å². The van der Waals surface area contributed by atoms with Crippen LogP contribution in [0.15, 0.2) is 60.9 Å². The van der Waals surface area contributed by atoms with Gasteiger partial charge < -0.3 is 14.8 Å². The maximum Gasteiger partial charge on any atom is 0.132 e. The highest BCUT2D eigenvalue weighted by Gasteiger charge is 2.12. The molecule has 0 aliphatic carbocycles. The summed E-state index contributed by atoms with van der Waals surface area (Å²) in [7, 11) is 0. The molecule has 1 saturated heterocycles. The van der Waals surface area contributed by atoms with E-state index in [1.165, 1.54) is 18.2 Å². The van der Waals surface area contributed by atoms with Crippen molar-refractivity contribution in [2.45, 2.75) is 0 Å². The van der Waals surface area contributed by atoms with Gasteiger partial charge in [-0.25, -0.2) is 4.39 Å². The van der Waals surface area contributed by atoms with Crippen LogP contribution in [0.5, 0.6) is 5.75 Å². The molecule has 5 rings (SSSR count). The molecule has 1 aliphatic rings. The molecule has 0 saturated carbocycles. The van der Waals surface area contributed by atoms with Gasteiger partial charge >= 0.3 is 0 Å². The summed E-state index contributed by atoms with van der Waals surface area (Å²) in [6, 6.07) is 13.8. The molecule has 0 unspecified atom stereocenters. The third-order valence-corrected chi connectivity index (χ3v) is 5.87. The maximum atomic E-state index is 14.3.